The standard InChI is InChI=1S/C18H16F2N2O4/c1-2-21-17(24)11-4-3-5-15(8-11)22-16(23)10-26-18(25)12-6-13(19)9-14(20)7-12/h3-9H,2,10H2,1H3,(H,21,24)(H,22,23). The number of esters is 1. The van der Waals surface area contributed by atoms with Gasteiger partial charge in [0.15, 0.2) is 6.61 Å². The van der Waals surface area contributed by atoms with Crippen LogP contribution in [-0.2, 0) is 9.53 Å². The van der Waals surface area contributed by atoms with Gasteiger partial charge in [-0.05, 0) is 37.3 Å². The second kappa shape index (κ2) is 8.70. The SMILES string of the molecule is CCNC(=O)c1cccc(NC(=O)COC(=O)c2cc(F)cc(F)c2)c1. The van der Waals surface area contributed by atoms with Crippen LogP contribution in [-0.4, -0.2) is 30.9 Å². The number of hydrogen-bond donors (Lipinski definition) is 2. The molecule has 6 nitrogen and oxygen atoms in total. The number of amides is 2. The maximum Gasteiger partial charge on any atom is 0.338 e. The summed E-state index contributed by atoms with van der Waals surface area (Å²) in [4.78, 5) is 35.3. The third-order valence-electron chi connectivity index (χ3n) is 3.18. The zero-order valence-corrected chi connectivity index (χ0v) is 13.8. The normalized spacial score (nSPS) is 10.1. The van der Waals surface area contributed by atoms with E-state index in [1.165, 1.54) is 6.07 Å². The molecule has 0 aliphatic carbocycles. The second-order valence-electron chi connectivity index (χ2n) is 5.22. The summed E-state index contributed by atoms with van der Waals surface area (Å²) < 4.78 is 30.9. The first-order chi connectivity index (χ1) is 12.4. The van der Waals surface area contributed by atoms with Crippen LogP contribution in [0.3, 0.4) is 0 Å². The van der Waals surface area contributed by atoms with E-state index in [1.54, 1.807) is 25.1 Å². The quantitative estimate of drug-likeness (QED) is 0.774. The Labute approximate surface area is 148 Å². The highest BCUT2D eigenvalue weighted by atomic mass is 19.1. The Morgan fingerprint density at radius 3 is 2.35 bits per heavy atom. The first-order valence-corrected chi connectivity index (χ1v) is 7.70. The first-order valence-electron chi connectivity index (χ1n) is 7.70. The average molecular weight is 362 g/mol. The van der Waals surface area contributed by atoms with E-state index >= 15 is 0 Å². The van der Waals surface area contributed by atoms with Crippen LogP contribution in [0.1, 0.15) is 27.6 Å². The van der Waals surface area contributed by atoms with E-state index in [0.29, 0.717) is 23.9 Å². The van der Waals surface area contributed by atoms with Gasteiger partial charge in [-0.25, -0.2) is 13.6 Å². The Balaban J connectivity index is 1.93. The fraction of sp³-hybridized carbons (Fsp3) is 0.167. The number of halogens is 2. The molecule has 2 aromatic rings. The lowest BCUT2D eigenvalue weighted by molar-refractivity contribution is -0.119. The molecule has 0 saturated carbocycles. The molecule has 2 rings (SSSR count). The molecule has 0 radical (unpaired) electrons. The molecular formula is C18H16F2N2O4. The van der Waals surface area contributed by atoms with E-state index in [4.69, 9.17) is 4.74 Å². The van der Waals surface area contributed by atoms with Crippen LogP contribution >= 0.6 is 0 Å². The van der Waals surface area contributed by atoms with Gasteiger partial charge in [0.1, 0.15) is 11.6 Å². The zero-order valence-electron chi connectivity index (χ0n) is 13.8. The van der Waals surface area contributed by atoms with Gasteiger partial charge in [0.25, 0.3) is 11.8 Å². The fourth-order valence-corrected chi connectivity index (χ4v) is 2.08. The van der Waals surface area contributed by atoms with E-state index in [1.807, 2.05) is 0 Å². The molecule has 0 aliphatic rings. The van der Waals surface area contributed by atoms with Gasteiger partial charge in [-0.2, -0.15) is 0 Å². The van der Waals surface area contributed by atoms with Crippen LogP contribution in [0.2, 0.25) is 0 Å². The summed E-state index contributed by atoms with van der Waals surface area (Å²) in [6.45, 7) is 1.59. The van der Waals surface area contributed by atoms with Gasteiger partial charge >= 0.3 is 5.97 Å². The molecule has 0 aliphatic heterocycles. The molecule has 0 heterocycles. The number of ether oxygens (including phenoxy) is 1. The van der Waals surface area contributed by atoms with Crippen LogP contribution in [0, 0.1) is 11.6 Å². The third kappa shape index (κ3) is 5.37. The molecule has 0 bridgehead atoms. The van der Waals surface area contributed by atoms with Crippen LogP contribution < -0.4 is 10.6 Å². The molecule has 0 fully saturated rings. The molecule has 2 amide bonds. The van der Waals surface area contributed by atoms with Crippen molar-refractivity contribution < 1.29 is 27.9 Å². The second-order valence-corrected chi connectivity index (χ2v) is 5.22. The summed E-state index contributed by atoms with van der Waals surface area (Å²) in [5.41, 5.74) is 0.358. The largest absolute Gasteiger partial charge is 0.452 e. The lowest BCUT2D eigenvalue weighted by Crippen LogP contribution is -2.23. The van der Waals surface area contributed by atoms with Crippen LogP contribution in [0.15, 0.2) is 42.5 Å². The van der Waals surface area contributed by atoms with Crippen molar-refractivity contribution in [2.45, 2.75) is 6.92 Å². The Morgan fingerprint density at radius 1 is 1.00 bits per heavy atom. The molecule has 8 heteroatoms. The van der Waals surface area contributed by atoms with Gasteiger partial charge in [-0.1, -0.05) is 6.07 Å². The summed E-state index contributed by atoms with van der Waals surface area (Å²) in [6.07, 6.45) is 0. The van der Waals surface area contributed by atoms with Gasteiger partial charge in [0.2, 0.25) is 0 Å². The van der Waals surface area contributed by atoms with E-state index < -0.39 is 30.1 Å². The number of anilines is 1. The number of rotatable bonds is 6. The lowest BCUT2D eigenvalue weighted by atomic mass is 10.2. The van der Waals surface area contributed by atoms with Crippen LogP contribution in [0.5, 0.6) is 0 Å². The van der Waals surface area contributed by atoms with Crippen molar-refractivity contribution in [3.63, 3.8) is 0 Å². The predicted octanol–water partition coefficient (Wildman–Crippen LogP) is 2.51. The Kier molecular flexibility index (Phi) is 6.37. The molecule has 0 aromatic heterocycles. The van der Waals surface area contributed by atoms with Crippen molar-refractivity contribution in [2.75, 3.05) is 18.5 Å². The van der Waals surface area contributed by atoms with Gasteiger partial charge < -0.3 is 15.4 Å². The Hall–Kier alpha value is -3.29. The molecule has 0 saturated heterocycles. The molecule has 2 N–H and O–H groups in total. The summed E-state index contributed by atoms with van der Waals surface area (Å²) in [5.74, 6) is -3.84. The fourth-order valence-electron chi connectivity index (χ4n) is 2.08. The topological polar surface area (TPSA) is 84.5 Å². The third-order valence-corrected chi connectivity index (χ3v) is 3.18. The number of benzene rings is 2. The molecule has 0 atom stereocenters. The monoisotopic (exact) mass is 362 g/mol. The lowest BCUT2D eigenvalue weighted by Gasteiger charge is -2.08. The number of carbonyl (C=O) groups excluding carboxylic acids is 3. The van der Waals surface area contributed by atoms with Crippen molar-refractivity contribution in [3.05, 3.63) is 65.2 Å². The summed E-state index contributed by atoms with van der Waals surface area (Å²) >= 11 is 0. The average Bonchev–Trinajstić information content (AvgIpc) is 2.59. The summed E-state index contributed by atoms with van der Waals surface area (Å²) in [7, 11) is 0. The minimum atomic E-state index is -1.03. The maximum absolute atomic E-state index is 13.1. The smallest absolute Gasteiger partial charge is 0.338 e. The van der Waals surface area contributed by atoms with Gasteiger partial charge in [-0.15, -0.1) is 0 Å². The van der Waals surface area contributed by atoms with Gasteiger partial charge in [-0.3, -0.25) is 9.59 Å². The van der Waals surface area contributed by atoms with Crippen molar-refractivity contribution in [3.8, 4) is 0 Å². The van der Waals surface area contributed by atoms with E-state index in [-0.39, 0.29) is 11.5 Å². The predicted molar refractivity (Wildman–Crippen MR) is 89.7 cm³/mol. The van der Waals surface area contributed by atoms with E-state index in [9.17, 15) is 23.2 Å². The van der Waals surface area contributed by atoms with E-state index in [2.05, 4.69) is 10.6 Å². The number of hydrogen-bond acceptors (Lipinski definition) is 4. The molecule has 26 heavy (non-hydrogen) atoms. The van der Waals surface area contributed by atoms with Crippen molar-refractivity contribution in [1.82, 2.24) is 5.32 Å². The molecule has 2 aromatic carbocycles. The Morgan fingerprint density at radius 2 is 1.69 bits per heavy atom. The highest BCUT2D eigenvalue weighted by Gasteiger charge is 2.13. The molecule has 136 valence electrons. The number of nitrogens with one attached hydrogen (secondary N) is 2. The van der Waals surface area contributed by atoms with Gasteiger partial charge in [0, 0.05) is 23.9 Å². The summed E-state index contributed by atoms with van der Waals surface area (Å²) in [5, 5.41) is 5.09. The minimum Gasteiger partial charge on any atom is -0.452 e. The van der Waals surface area contributed by atoms with Crippen molar-refractivity contribution in [1.29, 1.82) is 0 Å². The first kappa shape index (κ1) is 19.0. The van der Waals surface area contributed by atoms with Crippen LogP contribution in [0.4, 0.5) is 14.5 Å². The summed E-state index contributed by atoms with van der Waals surface area (Å²) in [6, 6.07) is 8.42. The minimum absolute atomic E-state index is 0.289. The van der Waals surface area contributed by atoms with E-state index in [0.717, 1.165) is 12.1 Å². The van der Waals surface area contributed by atoms with Crippen molar-refractivity contribution >= 4 is 23.5 Å². The highest BCUT2D eigenvalue weighted by molar-refractivity contribution is 5.98. The van der Waals surface area contributed by atoms with Crippen molar-refractivity contribution in [2.24, 2.45) is 0 Å². The van der Waals surface area contributed by atoms with Crippen LogP contribution in [0.25, 0.3) is 0 Å². The molecule has 0 spiro atoms. The highest BCUT2D eigenvalue weighted by Crippen LogP contribution is 2.12. The Bertz CT molecular complexity index is 819. The maximum atomic E-state index is 13.1. The number of carbonyl (C=O) groups is 3. The molecule has 0 unspecified atom stereocenters. The van der Waals surface area contributed by atoms with Gasteiger partial charge in [0.05, 0.1) is 5.56 Å². The zero-order chi connectivity index (χ0) is 19.1. The molecular weight excluding hydrogens is 346 g/mol.